The molecule has 1 aromatic carbocycles. The third-order valence-electron chi connectivity index (χ3n) is 4.02. The highest BCUT2D eigenvalue weighted by molar-refractivity contribution is 5.89. The lowest BCUT2D eigenvalue weighted by molar-refractivity contribution is 0.817. The monoisotopic (exact) mass is 308 g/mol. The first-order valence-corrected chi connectivity index (χ1v) is 8.31. The van der Waals surface area contributed by atoms with Crippen LogP contribution in [0.3, 0.4) is 0 Å². The molecule has 0 fully saturated rings. The Bertz CT molecular complexity index is 790. The second kappa shape index (κ2) is 6.82. The molecule has 4 nitrogen and oxygen atoms in total. The maximum absolute atomic E-state index is 4.65. The molecule has 0 bridgehead atoms. The van der Waals surface area contributed by atoms with Crippen molar-refractivity contribution in [1.29, 1.82) is 0 Å². The van der Waals surface area contributed by atoms with Gasteiger partial charge in [-0.2, -0.15) is 0 Å². The largest absolute Gasteiger partial charge is 0.368 e. The van der Waals surface area contributed by atoms with Crippen LogP contribution in [0.1, 0.15) is 36.7 Å². The minimum atomic E-state index is 0.817. The fourth-order valence-corrected chi connectivity index (χ4v) is 2.88. The molecule has 120 valence electrons. The summed E-state index contributed by atoms with van der Waals surface area (Å²) in [6.45, 7) is 8.05. The summed E-state index contributed by atoms with van der Waals surface area (Å²) in [5, 5.41) is 3.50. The summed E-state index contributed by atoms with van der Waals surface area (Å²) in [6.07, 6.45) is 4.49. The maximum atomic E-state index is 4.65. The van der Waals surface area contributed by atoms with Crippen LogP contribution in [0.4, 0.5) is 5.82 Å². The van der Waals surface area contributed by atoms with E-state index in [1.54, 1.807) is 0 Å². The molecular formula is C19H24N4. The molecule has 0 spiro atoms. The smallest absolute Gasteiger partial charge is 0.154 e. The van der Waals surface area contributed by atoms with E-state index in [0.29, 0.717) is 0 Å². The summed E-state index contributed by atoms with van der Waals surface area (Å²) in [5.74, 6) is 1.77. The van der Waals surface area contributed by atoms with Gasteiger partial charge in [0.05, 0.1) is 5.52 Å². The number of benzene rings is 1. The lowest BCUT2D eigenvalue weighted by Gasteiger charge is -2.11. The van der Waals surface area contributed by atoms with Crippen LogP contribution in [-0.4, -0.2) is 21.1 Å². The summed E-state index contributed by atoms with van der Waals surface area (Å²) < 4.78 is 2.26. The highest BCUT2D eigenvalue weighted by Crippen LogP contribution is 2.26. The second-order valence-corrected chi connectivity index (χ2v) is 6.02. The Morgan fingerprint density at radius 2 is 1.87 bits per heavy atom. The number of aromatic nitrogens is 3. The Hall–Kier alpha value is -2.36. The fraction of sp³-hybridized carbons (Fsp3) is 0.368. The third kappa shape index (κ3) is 3.36. The zero-order valence-electron chi connectivity index (χ0n) is 14.1. The Balaban J connectivity index is 2.03. The van der Waals surface area contributed by atoms with E-state index in [1.807, 2.05) is 13.0 Å². The van der Waals surface area contributed by atoms with Gasteiger partial charge in [0.2, 0.25) is 0 Å². The number of anilines is 1. The zero-order chi connectivity index (χ0) is 16.2. The predicted octanol–water partition coefficient (Wildman–Crippen LogP) is 4.31. The van der Waals surface area contributed by atoms with Crippen LogP contribution < -0.4 is 5.32 Å². The van der Waals surface area contributed by atoms with E-state index in [4.69, 9.17) is 0 Å². The van der Waals surface area contributed by atoms with Crippen molar-refractivity contribution in [2.75, 3.05) is 11.9 Å². The molecule has 23 heavy (non-hydrogen) atoms. The van der Waals surface area contributed by atoms with Gasteiger partial charge in [0, 0.05) is 19.3 Å². The minimum Gasteiger partial charge on any atom is -0.368 e. The number of fused-ring (bicyclic) bond motifs is 1. The van der Waals surface area contributed by atoms with E-state index in [2.05, 4.69) is 64.2 Å². The molecule has 0 saturated heterocycles. The molecule has 1 N–H and O–H groups in total. The summed E-state index contributed by atoms with van der Waals surface area (Å²) in [6, 6.07) is 10.5. The fourth-order valence-electron chi connectivity index (χ4n) is 2.88. The molecule has 0 aliphatic carbocycles. The number of rotatable bonds is 6. The zero-order valence-corrected chi connectivity index (χ0v) is 14.1. The molecule has 2 heterocycles. The van der Waals surface area contributed by atoms with E-state index in [9.17, 15) is 0 Å². The molecule has 0 radical (unpaired) electrons. The molecule has 0 unspecified atom stereocenters. The van der Waals surface area contributed by atoms with E-state index in [0.717, 1.165) is 42.2 Å². The Morgan fingerprint density at radius 3 is 2.61 bits per heavy atom. The Morgan fingerprint density at radius 1 is 1.09 bits per heavy atom. The van der Waals surface area contributed by atoms with Crippen LogP contribution in [0, 0.1) is 13.8 Å². The Kier molecular flexibility index (Phi) is 4.60. The van der Waals surface area contributed by atoms with Gasteiger partial charge in [0.1, 0.15) is 11.3 Å². The molecule has 0 aliphatic heterocycles. The average Bonchev–Trinajstić information content (AvgIpc) is 2.84. The molecule has 0 saturated carbocycles. The second-order valence-electron chi connectivity index (χ2n) is 6.02. The average molecular weight is 308 g/mol. The summed E-state index contributed by atoms with van der Waals surface area (Å²) in [7, 11) is 0. The first kappa shape index (κ1) is 15.5. The Labute approximate surface area is 137 Å². The van der Waals surface area contributed by atoms with Crippen molar-refractivity contribution in [2.45, 2.75) is 40.2 Å². The summed E-state index contributed by atoms with van der Waals surface area (Å²) >= 11 is 0. The van der Waals surface area contributed by atoms with E-state index in [-0.39, 0.29) is 0 Å². The lowest BCUT2D eigenvalue weighted by atomic mass is 10.2. The van der Waals surface area contributed by atoms with Crippen molar-refractivity contribution in [3.8, 4) is 0 Å². The van der Waals surface area contributed by atoms with E-state index < -0.39 is 0 Å². The minimum absolute atomic E-state index is 0.817. The van der Waals surface area contributed by atoms with Gasteiger partial charge in [0.25, 0.3) is 0 Å². The molecule has 0 aliphatic rings. The van der Waals surface area contributed by atoms with Gasteiger partial charge in [-0.15, -0.1) is 0 Å². The SMILES string of the molecule is CCCCNc1nc(C)nc2c(C)cn(Cc3ccccc3)c12. The van der Waals surface area contributed by atoms with Crippen molar-refractivity contribution in [2.24, 2.45) is 0 Å². The van der Waals surface area contributed by atoms with Crippen molar-refractivity contribution in [1.82, 2.24) is 14.5 Å². The van der Waals surface area contributed by atoms with Gasteiger partial charge in [-0.25, -0.2) is 9.97 Å². The van der Waals surface area contributed by atoms with Crippen LogP contribution in [-0.2, 0) is 6.54 Å². The molecule has 3 rings (SSSR count). The van der Waals surface area contributed by atoms with Crippen molar-refractivity contribution in [3.05, 3.63) is 53.5 Å². The highest BCUT2D eigenvalue weighted by atomic mass is 15.1. The number of hydrogen-bond acceptors (Lipinski definition) is 3. The molecule has 3 aromatic rings. The van der Waals surface area contributed by atoms with Crippen molar-refractivity contribution in [3.63, 3.8) is 0 Å². The molecular weight excluding hydrogens is 284 g/mol. The number of aryl methyl sites for hydroxylation is 2. The number of hydrogen-bond donors (Lipinski definition) is 1. The van der Waals surface area contributed by atoms with Gasteiger partial charge in [-0.05, 0) is 31.4 Å². The number of nitrogens with one attached hydrogen (secondary N) is 1. The van der Waals surface area contributed by atoms with Crippen LogP contribution in [0.25, 0.3) is 11.0 Å². The molecule has 2 aromatic heterocycles. The van der Waals surface area contributed by atoms with E-state index in [1.165, 1.54) is 17.5 Å². The van der Waals surface area contributed by atoms with Crippen molar-refractivity contribution >= 4 is 16.9 Å². The predicted molar refractivity (Wildman–Crippen MR) is 95.9 cm³/mol. The third-order valence-corrected chi connectivity index (χ3v) is 4.02. The van der Waals surface area contributed by atoms with Crippen LogP contribution in [0.2, 0.25) is 0 Å². The quantitative estimate of drug-likeness (QED) is 0.690. The summed E-state index contributed by atoms with van der Waals surface area (Å²) in [5.41, 5.74) is 4.63. The normalized spacial score (nSPS) is 11.1. The van der Waals surface area contributed by atoms with Gasteiger partial charge in [0.15, 0.2) is 5.82 Å². The van der Waals surface area contributed by atoms with Gasteiger partial charge < -0.3 is 9.88 Å². The first-order chi connectivity index (χ1) is 11.2. The molecule has 4 heteroatoms. The topological polar surface area (TPSA) is 42.7 Å². The number of unbranched alkanes of at least 4 members (excludes halogenated alkanes) is 1. The highest BCUT2D eigenvalue weighted by Gasteiger charge is 2.14. The maximum Gasteiger partial charge on any atom is 0.154 e. The van der Waals surface area contributed by atoms with Gasteiger partial charge in [-0.1, -0.05) is 43.7 Å². The summed E-state index contributed by atoms with van der Waals surface area (Å²) in [4.78, 5) is 9.30. The van der Waals surface area contributed by atoms with E-state index >= 15 is 0 Å². The molecule has 0 atom stereocenters. The van der Waals surface area contributed by atoms with Crippen LogP contribution >= 0.6 is 0 Å². The van der Waals surface area contributed by atoms with Crippen molar-refractivity contribution < 1.29 is 0 Å². The molecule has 0 amide bonds. The first-order valence-electron chi connectivity index (χ1n) is 8.31. The standard InChI is InChI=1S/C19H24N4/c1-4-5-11-20-19-18-17(21-15(3)22-19)14(2)12-23(18)13-16-9-7-6-8-10-16/h6-10,12H,4-5,11,13H2,1-3H3,(H,20,21,22). The number of nitrogens with zero attached hydrogens (tertiary/aromatic N) is 3. The lowest BCUT2D eigenvalue weighted by Crippen LogP contribution is -2.08. The van der Waals surface area contributed by atoms with Gasteiger partial charge in [-0.3, -0.25) is 0 Å². The van der Waals surface area contributed by atoms with Gasteiger partial charge >= 0.3 is 0 Å². The van der Waals surface area contributed by atoms with Crippen LogP contribution in [0.15, 0.2) is 36.5 Å². The van der Waals surface area contributed by atoms with Crippen LogP contribution in [0.5, 0.6) is 0 Å².